The van der Waals surface area contributed by atoms with Crippen LogP contribution in [0.2, 0.25) is 4.34 Å². The van der Waals surface area contributed by atoms with Gasteiger partial charge >= 0.3 is 0 Å². The second-order valence-electron chi connectivity index (χ2n) is 6.45. The highest BCUT2D eigenvalue weighted by molar-refractivity contribution is 8.19. The number of amides is 1. The fourth-order valence-corrected chi connectivity index (χ4v) is 9.13. The van der Waals surface area contributed by atoms with Gasteiger partial charge in [-0.2, -0.15) is 4.31 Å². The minimum Gasteiger partial charge on any atom is -0.336 e. The lowest BCUT2D eigenvalue weighted by Crippen LogP contribution is -2.50. The quantitative estimate of drug-likeness (QED) is 0.669. The molecule has 2 aliphatic heterocycles. The number of hydrogen-bond donors (Lipinski definition) is 0. The number of carbonyl (C=O) groups excluding carboxylic acids is 1. The minimum absolute atomic E-state index is 0.0468. The Hall–Kier alpha value is -0.710. The van der Waals surface area contributed by atoms with Gasteiger partial charge in [0.25, 0.3) is 15.9 Å². The molecule has 4 rings (SSSR count). The first-order valence-corrected chi connectivity index (χ1v) is 13.6. The molecule has 0 unspecified atom stereocenters. The van der Waals surface area contributed by atoms with Crippen LogP contribution in [0.25, 0.3) is 0 Å². The molecule has 1 aromatic carbocycles. The summed E-state index contributed by atoms with van der Waals surface area (Å²) in [6.45, 7) is 1.34. The van der Waals surface area contributed by atoms with Gasteiger partial charge in [0.2, 0.25) is 0 Å². The molecular formula is C18H19ClN2O3S4. The normalized spacial score (nSPS) is 19.2. The van der Waals surface area contributed by atoms with E-state index >= 15 is 0 Å². The van der Waals surface area contributed by atoms with Crippen LogP contribution in [-0.2, 0) is 10.0 Å². The molecule has 0 spiro atoms. The van der Waals surface area contributed by atoms with E-state index in [2.05, 4.69) is 0 Å². The van der Waals surface area contributed by atoms with Crippen molar-refractivity contribution in [3.05, 3.63) is 51.9 Å². The van der Waals surface area contributed by atoms with Gasteiger partial charge < -0.3 is 4.90 Å². The van der Waals surface area contributed by atoms with E-state index in [-0.39, 0.29) is 23.2 Å². The number of piperazine rings is 1. The second kappa shape index (κ2) is 8.57. The fourth-order valence-electron chi connectivity index (χ4n) is 3.21. The summed E-state index contributed by atoms with van der Waals surface area (Å²) in [5.41, 5.74) is 1.90. The molecule has 5 nitrogen and oxygen atoms in total. The summed E-state index contributed by atoms with van der Waals surface area (Å²) >= 11 is 10.8. The molecule has 10 heteroatoms. The molecular weight excluding hydrogens is 456 g/mol. The average Bonchev–Trinajstić information content (AvgIpc) is 3.40. The third-order valence-corrected chi connectivity index (χ3v) is 11.4. The Balaban J connectivity index is 1.38. The Labute approximate surface area is 182 Å². The number of benzene rings is 1. The summed E-state index contributed by atoms with van der Waals surface area (Å²) in [5.74, 6) is 2.29. The number of carbonyl (C=O) groups is 1. The third-order valence-electron chi connectivity index (χ3n) is 4.72. The van der Waals surface area contributed by atoms with Gasteiger partial charge in [-0.1, -0.05) is 23.7 Å². The SMILES string of the molecule is O=C(c1ccc(C2SCCS2)cc1)N1CCN(S(=O)(=O)c2ccc(Cl)s2)CC1. The van der Waals surface area contributed by atoms with Crippen LogP contribution in [0, 0.1) is 0 Å². The van der Waals surface area contributed by atoms with E-state index in [0.29, 0.717) is 27.6 Å². The predicted octanol–water partition coefficient (Wildman–Crippen LogP) is 4.03. The highest BCUT2D eigenvalue weighted by Gasteiger charge is 2.31. The van der Waals surface area contributed by atoms with Crippen LogP contribution in [0.3, 0.4) is 0 Å². The zero-order valence-corrected chi connectivity index (χ0v) is 18.9. The summed E-state index contributed by atoms with van der Waals surface area (Å²) in [4.78, 5) is 14.5. The summed E-state index contributed by atoms with van der Waals surface area (Å²) in [5, 5.41) is 0. The number of halogens is 1. The molecule has 1 aromatic heterocycles. The van der Waals surface area contributed by atoms with E-state index in [9.17, 15) is 13.2 Å². The summed E-state index contributed by atoms with van der Waals surface area (Å²) in [6, 6.07) is 10.9. The van der Waals surface area contributed by atoms with Gasteiger partial charge in [0.15, 0.2) is 0 Å². The van der Waals surface area contributed by atoms with Crippen molar-refractivity contribution >= 4 is 62.4 Å². The number of thiophene rings is 1. The average molecular weight is 475 g/mol. The standard InChI is InChI=1S/C18H19ClN2O3S4/c19-15-5-6-16(27-15)28(23,24)21-9-7-20(8-10-21)17(22)13-1-3-14(4-2-13)18-25-11-12-26-18/h1-6,18H,7-12H2. The van der Waals surface area contributed by atoms with Gasteiger partial charge in [0.05, 0.1) is 8.92 Å². The van der Waals surface area contributed by atoms with Gasteiger partial charge in [-0.25, -0.2) is 8.42 Å². The van der Waals surface area contributed by atoms with Crippen LogP contribution in [0.5, 0.6) is 0 Å². The zero-order valence-electron chi connectivity index (χ0n) is 14.9. The van der Waals surface area contributed by atoms with E-state index in [1.54, 1.807) is 11.0 Å². The molecule has 0 atom stereocenters. The first-order chi connectivity index (χ1) is 13.4. The number of thioether (sulfide) groups is 2. The number of hydrogen-bond acceptors (Lipinski definition) is 6. The smallest absolute Gasteiger partial charge is 0.253 e. The van der Waals surface area contributed by atoms with Crippen molar-refractivity contribution in [2.24, 2.45) is 0 Å². The molecule has 2 aliphatic rings. The molecule has 1 amide bonds. The topological polar surface area (TPSA) is 57.7 Å². The maximum atomic E-state index is 12.8. The molecule has 0 bridgehead atoms. The molecule has 2 fully saturated rings. The number of nitrogens with zero attached hydrogens (tertiary/aromatic N) is 2. The molecule has 0 N–H and O–H groups in total. The molecule has 150 valence electrons. The number of rotatable bonds is 4. The summed E-state index contributed by atoms with van der Waals surface area (Å²) in [7, 11) is -3.55. The highest BCUT2D eigenvalue weighted by Crippen LogP contribution is 2.45. The van der Waals surface area contributed by atoms with E-state index in [1.807, 2.05) is 47.8 Å². The lowest BCUT2D eigenvalue weighted by atomic mass is 10.1. The summed E-state index contributed by atoms with van der Waals surface area (Å²) < 4.78 is 27.9. The molecule has 2 saturated heterocycles. The Morgan fingerprint density at radius 1 is 0.964 bits per heavy atom. The molecule has 0 radical (unpaired) electrons. The van der Waals surface area contributed by atoms with Crippen LogP contribution in [0.4, 0.5) is 0 Å². The van der Waals surface area contributed by atoms with Crippen molar-refractivity contribution in [1.82, 2.24) is 9.21 Å². The van der Waals surface area contributed by atoms with Crippen molar-refractivity contribution in [3.8, 4) is 0 Å². The zero-order chi connectivity index (χ0) is 19.7. The highest BCUT2D eigenvalue weighted by atomic mass is 35.5. The largest absolute Gasteiger partial charge is 0.336 e. The van der Waals surface area contributed by atoms with E-state index in [4.69, 9.17) is 11.6 Å². The van der Waals surface area contributed by atoms with Gasteiger partial charge in [0.1, 0.15) is 4.21 Å². The van der Waals surface area contributed by atoms with Crippen LogP contribution in [-0.4, -0.2) is 61.2 Å². The lowest BCUT2D eigenvalue weighted by molar-refractivity contribution is 0.0698. The van der Waals surface area contributed by atoms with Crippen LogP contribution in [0.1, 0.15) is 20.5 Å². The molecule has 2 aromatic rings. The predicted molar refractivity (Wildman–Crippen MR) is 118 cm³/mol. The van der Waals surface area contributed by atoms with E-state index in [1.165, 1.54) is 27.4 Å². The Morgan fingerprint density at radius 2 is 1.61 bits per heavy atom. The molecule has 0 aliphatic carbocycles. The Kier molecular flexibility index (Phi) is 6.29. The van der Waals surface area contributed by atoms with Crippen LogP contribution in [0.15, 0.2) is 40.6 Å². The number of sulfonamides is 1. The Bertz CT molecular complexity index is 947. The first-order valence-electron chi connectivity index (χ1n) is 8.83. The van der Waals surface area contributed by atoms with E-state index in [0.717, 1.165) is 11.3 Å². The first kappa shape index (κ1) is 20.6. The minimum atomic E-state index is -3.55. The van der Waals surface area contributed by atoms with Gasteiger partial charge in [0, 0.05) is 43.2 Å². The van der Waals surface area contributed by atoms with Crippen LogP contribution >= 0.6 is 46.5 Å². The van der Waals surface area contributed by atoms with Gasteiger partial charge in [-0.15, -0.1) is 34.9 Å². The monoisotopic (exact) mass is 474 g/mol. The molecule has 3 heterocycles. The van der Waals surface area contributed by atoms with Crippen molar-refractivity contribution in [3.63, 3.8) is 0 Å². The molecule has 0 saturated carbocycles. The van der Waals surface area contributed by atoms with Crippen molar-refractivity contribution in [2.45, 2.75) is 8.79 Å². The van der Waals surface area contributed by atoms with Gasteiger partial charge in [-0.05, 0) is 29.8 Å². The van der Waals surface area contributed by atoms with Crippen molar-refractivity contribution in [1.29, 1.82) is 0 Å². The van der Waals surface area contributed by atoms with Crippen molar-refractivity contribution in [2.75, 3.05) is 37.7 Å². The second-order valence-corrected chi connectivity index (χ2v) is 13.1. The van der Waals surface area contributed by atoms with Gasteiger partial charge in [-0.3, -0.25) is 4.79 Å². The Morgan fingerprint density at radius 3 is 2.18 bits per heavy atom. The molecule has 28 heavy (non-hydrogen) atoms. The lowest BCUT2D eigenvalue weighted by Gasteiger charge is -2.33. The maximum absolute atomic E-state index is 12.8. The maximum Gasteiger partial charge on any atom is 0.253 e. The van der Waals surface area contributed by atoms with Crippen LogP contribution < -0.4 is 0 Å². The fraction of sp³-hybridized carbons (Fsp3) is 0.389. The summed E-state index contributed by atoms with van der Waals surface area (Å²) in [6.07, 6.45) is 0. The van der Waals surface area contributed by atoms with Crippen molar-refractivity contribution < 1.29 is 13.2 Å². The third kappa shape index (κ3) is 4.24. The van der Waals surface area contributed by atoms with E-state index < -0.39 is 10.0 Å².